The van der Waals surface area contributed by atoms with Crippen LogP contribution in [0.25, 0.3) is 0 Å². The molecule has 12 heavy (non-hydrogen) atoms. The van der Waals surface area contributed by atoms with Crippen LogP contribution in [0.2, 0.25) is 0 Å². The molecule has 0 bridgehead atoms. The molecule has 0 aromatic heterocycles. The molecule has 1 aromatic rings. The van der Waals surface area contributed by atoms with Gasteiger partial charge in [0.2, 0.25) is 0 Å². The van der Waals surface area contributed by atoms with E-state index in [0.29, 0.717) is 0 Å². The van der Waals surface area contributed by atoms with E-state index in [0.717, 1.165) is 11.0 Å². The van der Waals surface area contributed by atoms with Crippen LogP contribution in [-0.2, 0) is 6.42 Å². The van der Waals surface area contributed by atoms with Gasteiger partial charge in [-0.2, -0.15) is 0 Å². The maximum absolute atomic E-state index is 3.48. The minimum absolute atomic E-state index is 1.15. The number of nitrogens with zero attached hydrogens (tertiary/aromatic N) is 1. The van der Waals surface area contributed by atoms with E-state index >= 15 is 0 Å². The lowest BCUT2D eigenvalue weighted by Gasteiger charge is -2.27. The largest absolute Gasteiger partial charge is 0.356 e. The summed E-state index contributed by atoms with van der Waals surface area (Å²) in [6.07, 6.45) is 2.48. The fourth-order valence-electron chi connectivity index (χ4n) is 1.58. The summed E-state index contributed by atoms with van der Waals surface area (Å²) in [6.45, 7) is 1.15. The predicted molar refractivity (Wildman–Crippen MR) is 59.5 cm³/mol. The fourth-order valence-corrected chi connectivity index (χ4v) is 2.35. The maximum atomic E-state index is 3.48. The highest BCUT2D eigenvalue weighted by atomic mass is 79.9. The van der Waals surface area contributed by atoms with Crippen LogP contribution in [0.1, 0.15) is 12.0 Å². The van der Waals surface area contributed by atoms with Crippen molar-refractivity contribution in [3.8, 4) is 0 Å². The molecular weight excluding hydrogens is 233 g/mol. The first kappa shape index (κ1) is 8.52. The summed E-state index contributed by atoms with van der Waals surface area (Å²) in [7, 11) is 2.77. The Morgan fingerprint density at radius 1 is 1.42 bits per heavy atom. The second-order valence-corrected chi connectivity index (χ2v) is 4.61. The monoisotopic (exact) mass is 243 g/mol. The maximum Gasteiger partial charge on any atom is 0.0438 e. The predicted octanol–water partition coefficient (Wildman–Crippen LogP) is 2.99. The fraction of sp³-hybridized carbons (Fsp3) is 0.333. The molecule has 0 radical (unpaired) electrons. The molecule has 0 fully saturated rings. The van der Waals surface area contributed by atoms with Crippen molar-refractivity contribution in [2.24, 2.45) is 0 Å². The van der Waals surface area contributed by atoms with E-state index < -0.39 is 0 Å². The van der Waals surface area contributed by atoms with Gasteiger partial charge in [-0.25, -0.2) is 0 Å². The molecule has 1 atom stereocenters. The lowest BCUT2D eigenvalue weighted by atomic mass is 10.0. The van der Waals surface area contributed by atoms with Crippen LogP contribution in [0.4, 0.5) is 5.69 Å². The Morgan fingerprint density at radius 3 is 3.08 bits per heavy atom. The van der Waals surface area contributed by atoms with Crippen molar-refractivity contribution in [2.45, 2.75) is 12.8 Å². The zero-order valence-electron chi connectivity index (χ0n) is 6.76. The van der Waals surface area contributed by atoms with Crippen LogP contribution in [0.3, 0.4) is 0 Å². The summed E-state index contributed by atoms with van der Waals surface area (Å²) in [4.78, 5) is 0. The summed E-state index contributed by atoms with van der Waals surface area (Å²) in [5, 5.41) is 0. The SMILES string of the molecule is PN1CCCc2ccc(Br)cc21. The molecule has 0 spiro atoms. The lowest BCUT2D eigenvalue weighted by Crippen LogP contribution is -2.18. The molecule has 0 saturated carbocycles. The van der Waals surface area contributed by atoms with Crippen molar-refractivity contribution in [1.82, 2.24) is 0 Å². The number of hydrogen-bond donors (Lipinski definition) is 0. The Hall–Kier alpha value is -0.0700. The summed E-state index contributed by atoms with van der Waals surface area (Å²) in [5.41, 5.74) is 2.81. The molecule has 64 valence electrons. The summed E-state index contributed by atoms with van der Waals surface area (Å²) >= 11 is 3.48. The zero-order valence-corrected chi connectivity index (χ0v) is 9.50. The standard InChI is InChI=1S/C9H11BrNP/c10-8-4-3-7-2-1-5-11(12)9(7)6-8/h3-4,6H,1-2,5,12H2. The van der Waals surface area contributed by atoms with E-state index in [2.05, 4.69) is 48.2 Å². The minimum Gasteiger partial charge on any atom is -0.356 e. The molecule has 1 nitrogen and oxygen atoms in total. The van der Waals surface area contributed by atoms with Gasteiger partial charge < -0.3 is 4.67 Å². The van der Waals surface area contributed by atoms with Gasteiger partial charge in [0, 0.05) is 16.7 Å². The van der Waals surface area contributed by atoms with Crippen LogP contribution in [0, 0.1) is 0 Å². The van der Waals surface area contributed by atoms with Gasteiger partial charge in [-0.1, -0.05) is 22.0 Å². The normalized spacial score (nSPS) is 16.0. The van der Waals surface area contributed by atoms with Crippen molar-refractivity contribution in [1.29, 1.82) is 0 Å². The number of fused-ring (bicyclic) bond motifs is 1. The molecule has 0 amide bonds. The van der Waals surface area contributed by atoms with Crippen LogP contribution < -0.4 is 4.67 Å². The highest BCUT2D eigenvalue weighted by Crippen LogP contribution is 2.31. The van der Waals surface area contributed by atoms with Gasteiger partial charge in [0.25, 0.3) is 0 Å². The third-order valence-corrected chi connectivity index (χ3v) is 3.23. The van der Waals surface area contributed by atoms with Crippen molar-refractivity contribution >= 4 is 31.0 Å². The third kappa shape index (κ3) is 1.51. The van der Waals surface area contributed by atoms with Crippen LogP contribution >= 0.6 is 25.3 Å². The quantitative estimate of drug-likeness (QED) is 0.634. The second kappa shape index (κ2) is 3.35. The van der Waals surface area contributed by atoms with Crippen LogP contribution in [0.15, 0.2) is 22.7 Å². The molecule has 2 rings (SSSR count). The Balaban J connectivity index is 2.47. The molecule has 1 heterocycles. The van der Waals surface area contributed by atoms with Crippen molar-refractivity contribution < 1.29 is 0 Å². The van der Waals surface area contributed by atoms with E-state index in [1.165, 1.54) is 24.1 Å². The highest BCUT2D eigenvalue weighted by molar-refractivity contribution is 9.10. The summed E-state index contributed by atoms with van der Waals surface area (Å²) < 4.78 is 3.40. The van der Waals surface area contributed by atoms with Crippen LogP contribution in [0.5, 0.6) is 0 Å². The summed E-state index contributed by atoms with van der Waals surface area (Å²) in [6, 6.07) is 6.50. The Labute approximate surface area is 83.5 Å². The first-order chi connectivity index (χ1) is 5.77. The molecule has 0 N–H and O–H groups in total. The van der Waals surface area contributed by atoms with Gasteiger partial charge >= 0.3 is 0 Å². The summed E-state index contributed by atoms with van der Waals surface area (Å²) in [5.74, 6) is 0. The first-order valence-electron chi connectivity index (χ1n) is 4.08. The van der Waals surface area contributed by atoms with E-state index in [-0.39, 0.29) is 0 Å². The molecule has 1 unspecified atom stereocenters. The number of aryl methyl sites for hydroxylation is 1. The van der Waals surface area contributed by atoms with Crippen molar-refractivity contribution in [2.75, 3.05) is 11.2 Å². The van der Waals surface area contributed by atoms with E-state index in [4.69, 9.17) is 0 Å². The van der Waals surface area contributed by atoms with Gasteiger partial charge in [0.05, 0.1) is 0 Å². The molecule has 3 heteroatoms. The number of benzene rings is 1. The molecule has 1 aromatic carbocycles. The van der Waals surface area contributed by atoms with E-state index in [9.17, 15) is 0 Å². The number of halogens is 1. The smallest absolute Gasteiger partial charge is 0.0438 e. The topological polar surface area (TPSA) is 3.24 Å². The van der Waals surface area contributed by atoms with Gasteiger partial charge in [0.15, 0.2) is 0 Å². The Kier molecular flexibility index (Phi) is 2.38. The lowest BCUT2D eigenvalue weighted by molar-refractivity contribution is 0.795. The molecular formula is C9H11BrNP. The van der Waals surface area contributed by atoms with E-state index in [1.807, 2.05) is 0 Å². The Bertz CT molecular complexity index is 301. The average molecular weight is 244 g/mol. The van der Waals surface area contributed by atoms with Crippen molar-refractivity contribution in [3.05, 3.63) is 28.2 Å². The van der Waals surface area contributed by atoms with Gasteiger partial charge in [-0.15, -0.1) is 0 Å². The number of hydrogen-bond acceptors (Lipinski definition) is 1. The van der Waals surface area contributed by atoms with Gasteiger partial charge in [-0.05, 0) is 39.9 Å². The number of anilines is 1. The first-order valence-corrected chi connectivity index (χ1v) is 5.39. The molecule has 1 aliphatic heterocycles. The zero-order chi connectivity index (χ0) is 8.55. The minimum atomic E-state index is 1.15. The molecule has 0 aliphatic carbocycles. The average Bonchev–Trinajstić information content (AvgIpc) is 2.07. The van der Waals surface area contributed by atoms with Gasteiger partial charge in [-0.3, -0.25) is 0 Å². The molecule has 0 saturated heterocycles. The third-order valence-electron chi connectivity index (χ3n) is 2.20. The highest BCUT2D eigenvalue weighted by Gasteiger charge is 2.12. The van der Waals surface area contributed by atoms with Gasteiger partial charge in [0.1, 0.15) is 0 Å². The Morgan fingerprint density at radius 2 is 2.25 bits per heavy atom. The second-order valence-electron chi connectivity index (χ2n) is 3.07. The van der Waals surface area contributed by atoms with Crippen molar-refractivity contribution in [3.63, 3.8) is 0 Å². The van der Waals surface area contributed by atoms with Crippen LogP contribution in [-0.4, -0.2) is 6.54 Å². The molecule has 1 aliphatic rings. The van der Waals surface area contributed by atoms with E-state index in [1.54, 1.807) is 0 Å². The number of rotatable bonds is 0.